The molecule has 0 saturated carbocycles. The zero-order chi connectivity index (χ0) is 30.7. The number of hydrogen-bond acceptors (Lipinski definition) is 1. The fraction of sp³-hybridized carbons (Fsp3) is 0.463. The average Bonchev–Trinajstić information content (AvgIpc) is 3.08. The fourth-order valence-electron chi connectivity index (χ4n) is 5.85. The maximum absolute atomic E-state index is 6.01. The molecule has 4 aromatic rings. The Kier molecular flexibility index (Phi) is 15.0. The van der Waals surface area contributed by atoms with E-state index in [0.29, 0.717) is 0 Å². The Morgan fingerprint density at radius 1 is 0.455 bits per heavy atom. The zero-order valence-electron chi connectivity index (χ0n) is 27.6. The zero-order valence-corrected chi connectivity index (χ0v) is 27.6. The molecule has 44 heavy (non-hydrogen) atoms. The van der Waals surface area contributed by atoms with Gasteiger partial charge in [-0.1, -0.05) is 101 Å². The lowest BCUT2D eigenvalue weighted by Gasteiger charge is -2.08. The van der Waals surface area contributed by atoms with E-state index in [4.69, 9.17) is 4.74 Å². The van der Waals surface area contributed by atoms with Gasteiger partial charge >= 0.3 is 0 Å². The lowest BCUT2D eigenvalue weighted by atomic mass is 10.0. The van der Waals surface area contributed by atoms with Crippen LogP contribution in [0.25, 0.3) is 22.3 Å². The highest BCUT2D eigenvalue weighted by atomic mass is 16.5. The van der Waals surface area contributed by atoms with E-state index in [1.807, 2.05) is 0 Å². The molecule has 2 aromatic carbocycles. The van der Waals surface area contributed by atoms with E-state index in [1.54, 1.807) is 0 Å². The average molecular weight is 593 g/mol. The molecule has 0 fully saturated rings. The first kappa shape index (κ1) is 33.4. The van der Waals surface area contributed by atoms with Crippen LogP contribution in [0.3, 0.4) is 0 Å². The van der Waals surface area contributed by atoms with Crippen molar-refractivity contribution >= 4 is 0 Å². The Labute approximate surface area is 268 Å². The summed E-state index contributed by atoms with van der Waals surface area (Å²) in [5.41, 5.74) is 6.50. The van der Waals surface area contributed by atoms with Gasteiger partial charge in [-0.25, -0.2) is 9.13 Å². The van der Waals surface area contributed by atoms with Gasteiger partial charge in [0.1, 0.15) is 18.8 Å². The Hall–Kier alpha value is -3.46. The summed E-state index contributed by atoms with van der Waals surface area (Å²) >= 11 is 0. The van der Waals surface area contributed by atoms with Crippen molar-refractivity contribution < 1.29 is 13.9 Å². The van der Waals surface area contributed by atoms with Crippen molar-refractivity contribution in [3.05, 3.63) is 103 Å². The van der Waals surface area contributed by atoms with Crippen molar-refractivity contribution in [1.29, 1.82) is 0 Å². The monoisotopic (exact) mass is 592 g/mol. The summed E-state index contributed by atoms with van der Waals surface area (Å²) < 4.78 is 10.5. The van der Waals surface area contributed by atoms with Crippen molar-refractivity contribution in [2.75, 3.05) is 6.61 Å². The molecule has 4 rings (SSSR count). The molecule has 0 spiro atoms. The minimum absolute atomic E-state index is 0.822. The number of unbranched alkanes of at least 4 members (excludes halogenated alkanes) is 11. The first-order valence-electron chi connectivity index (χ1n) is 17.6. The van der Waals surface area contributed by atoms with Crippen LogP contribution < -0.4 is 13.9 Å². The van der Waals surface area contributed by atoms with Crippen molar-refractivity contribution in [3.63, 3.8) is 0 Å². The lowest BCUT2D eigenvalue weighted by molar-refractivity contribution is -0.697. The molecule has 0 atom stereocenters. The molecule has 0 unspecified atom stereocenters. The molecule has 0 N–H and O–H groups in total. The molecule has 0 aliphatic heterocycles. The summed E-state index contributed by atoms with van der Waals surface area (Å²) in [4.78, 5) is 0. The second-order valence-corrected chi connectivity index (χ2v) is 12.3. The van der Waals surface area contributed by atoms with Crippen molar-refractivity contribution in [1.82, 2.24) is 0 Å². The van der Waals surface area contributed by atoms with Crippen LogP contribution in [0.2, 0.25) is 0 Å². The van der Waals surface area contributed by atoms with E-state index >= 15 is 0 Å². The first-order valence-corrected chi connectivity index (χ1v) is 17.6. The summed E-state index contributed by atoms with van der Waals surface area (Å²) in [6, 6.07) is 26.6. The third-order valence-corrected chi connectivity index (χ3v) is 8.77. The van der Waals surface area contributed by atoms with E-state index in [0.717, 1.165) is 38.3 Å². The van der Waals surface area contributed by atoms with Gasteiger partial charge in [0.05, 0.1) is 6.61 Å². The highest BCUT2D eigenvalue weighted by Gasteiger charge is 2.06. The Morgan fingerprint density at radius 2 is 0.932 bits per heavy atom. The largest absolute Gasteiger partial charge is 0.494 e. The van der Waals surface area contributed by atoms with Crippen LogP contribution in [-0.2, 0) is 19.5 Å². The number of rotatable bonds is 21. The SMILES string of the molecule is CCCCCCCCCCCCOc1ccc(-c2ccc(CCCCC[n+]3ccc(-c4cc[n+](CC)cc4)cc3)cc2)cc1. The van der Waals surface area contributed by atoms with E-state index in [1.165, 1.54) is 105 Å². The summed E-state index contributed by atoms with van der Waals surface area (Å²) in [5, 5.41) is 0. The van der Waals surface area contributed by atoms with Crippen molar-refractivity contribution in [2.45, 2.75) is 117 Å². The molecule has 2 aromatic heterocycles. The molecule has 3 nitrogen and oxygen atoms in total. The minimum atomic E-state index is 0.822. The Balaban J connectivity index is 1.07. The van der Waals surface area contributed by atoms with Gasteiger partial charge in [0.15, 0.2) is 24.8 Å². The topological polar surface area (TPSA) is 17.0 Å². The quantitative estimate of drug-likeness (QED) is 0.0695. The molecule has 234 valence electrons. The van der Waals surface area contributed by atoms with Gasteiger partial charge in [-0.2, -0.15) is 0 Å². The van der Waals surface area contributed by atoms with Crippen molar-refractivity contribution in [3.8, 4) is 28.0 Å². The van der Waals surface area contributed by atoms with Crippen LogP contribution in [0.5, 0.6) is 5.75 Å². The predicted molar refractivity (Wildman–Crippen MR) is 185 cm³/mol. The number of ether oxygens (including phenoxy) is 1. The highest BCUT2D eigenvalue weighted by Crippen LogP contribution is 2.24. The summed E-state index contributed by atoms with van der Waals surface area (Å²) in [5.74, 6) is 0.983. The van der Waals surface area contributed by atoms with Gasteiger partial charge < -0.3 is 4.74 Å². The second kappa shape index (κ2) is 19.7. The molecule has 2 heterocycles. The first-order chi connectivity index (χ1) is 21.7. The van der Waals surface area contributed by atoms with Crippen LogP contribution in [0.1, 0.15) is 103 Å². The molecular weight excluding hydrogens is 536 g/mol. The van der Waals surface area contributed by atoms with Crippen LogP contribution in [0, 0.1) is 0 Å². The molecule has 0 aliphatic rings. The van der Waals surface area contributed by atoms with Crippen LogP contribution in [0.4, 0.5) is 0 Å². The van der Waals surface area contributed by atoms with Gasteiger partial charge in [0.2, 0.25) is 0 Å². The smallest absolute Gasteiger partial charge is 0.169 e. The van der Waals surface area contributed by atoms with Gasteiger partial charge in [0.25, 0.3) is 0 Å². The Morgan fingerprint density at radius 3 is 1.50 bits per heavy atom. The van der Waals surface area contributed by atoms with Crippen LogP contribution in [0.15, 0.2) is 97.6 Å². The number of benzene rings is 2. The highest BCUT2D eigenvalue weighted by molar-refractivity contribution is 5.64. The fourth-order valence-corrected chi connectivity index (χ4v) is 5.85. The maximum Gasteiger partial charge on any atom is 0.169 e. The van der Waals surface area contributed by atoms with Gasteiger partial charge in [0, 0.05) is 30.7 Å². The second-order valence-electron chi connectivity index (χ2n) is 12.3. The van der Waals surface area contributed by atoms with E-state index < -0.39 is 0 Å². The van der Waals surface area contributed by atoms with Crippen LogP contribution >= 0.6 is 0 Å². The van der Waals surface area contributed by atoms with Gasteiger partial charge in [-0.05, 0) is 72.6 Å². The third kappa shape index (κ3) is 11.9. The van der Waals surface area contributed by atoms with Gasteiger partial charge in [-0.15, -0.1) is 0 Å². The van der Waals surface area contributed by atoms with E-state index in [-0.39, 0.29) is 0 Å². The normalized spacial score (nSPS) is 11.1. The molecule has 0 saturated heterocycles. The number of hydrogen-bond donors (Lipinski definition) is 0. The Bertz CT molecular complexity index is 1300. The van der Waals surface area contributed by atoms with Crippen molar-refractivity contribution in [2.24, 2.45) is 0 Å². The number of nitrogens with zero attached hydrogens (tertiary/aromatic N) is 2. The van der Waals surface area contributed by atoms with Crippen LogP contribution in [-0.4, -0.2) is 6.61 Å². The molecule has 3 heteroatoms. The third-order valence-electron chi connectivity index (χ3n) is 8.77. The number of aromatic nitrogens is 2. The van der Waals surface area contributed by atoms with E-state index in [2.05, 4.69) is 121 Å². The summed E-state index contributed by atoms with van der Waals surface area (Å²) in [7, 11) is 0. The summed E-state index contributed by atoms with van der Waals surface area (Å²) in [6.07, 6.45) is 27.1. The maximum atomic E-state index is 6.01. The standard InChI is InChI=1S/C41H56N2O/c1-3-5-6-7-8-9-10-11-12-16-35-44-41-24-22-38(23-25-41)37-20-18-36(19-21-37)17-14-13-15-30-43-33-28-40(29-34-43)39-26-31-42(4-2)32-27-39/h18-29,31-34H,3-17,30,35H2,1-2H3/q+2. The van der Waals surface area contributed by atoms with Gasteiger partial charge in [-0.3, -0.25) is 0 Å². The minimum Gasteiger partial charge on any atom is -0.494 e. The summed E-state index contributed by atoms with van der Waals surface area (Å²) in [6.45, 7) is 7.35. The van der Waals surface area contributed by atoms with E-state index in [9.17, 15) is 0 Å². The lowest BCUT2D eigenvalue weighted by Crippen LogP contribution is -2.32. The predicted octanol–water partition coefficient (Wildman–Crippen LogP) is 10.3. The molecule has 0 bridgehead atoms. The molecule has 0 radical (unpaired) electrons. The molecular formula is C41H56N2O+2. The molecule has 0 aliphatic carbocycles. The molecule has 0 amide bonds. The number of aryl methyl sites for hydroxylation is 3. The number of pyridine rings is 2.